The van der Waals surface area contributed by atoms with Crippen LogP contribution in [-0.2, 0) is 76.3 Å². The molecule has 1 aliphatic carbocycles. The second kappa shape index (κ2) is 26.4. The highest BCUT2D eigenvalue weighted by molar-refractivity contribution is 8.23. The highest BCUT2D eigenvalue weighted by atomic mass is 32.2. The molecule has 0 spiro atoms. The van der Waals surface area contributed by atoms with Gasteiger partial charge in [0.05, 0.1) is 24.5 Å². The second-order valence-electron chi connectivity index (χ2n) is 17.5. The van der Waals surface area contributed by atoms with Gasteiger partial charge in [-0.05, 0) is 13.8 Å². The summed E-state index contributed by atoms with van der Waals surface area (Å²) in [5.74, 6) is -13.5. The summed E-state index contributed by atoms with van der Waals surface area (Å²) >= 11 is 6.90. The number of carbonyl (C=O) groups excluding carboxylic acids is 6. The minimum absolute atomic E-state index is 0.269. The van der Waals surface area contributed by atoms with Crippen molar-refractivity contribution in [2.24, 2.45) is 5.92 Å². The highest BCUT2D eigenvalue weighted by Crippen LogP contribution is 2.42. The number of nitrogens with one attached hydrogen (secondary N) is 4. The van der Waals surface area contributed by atoms with Gasteiger partial charge >= 0.3 is 35.8 Å². The normalized spacial score (nSPS) is 29.4. The monoisotopic (exact) mass is 1100 g/mol. The maximum Gasteiger partial charge on any atom is 0.341 e. The Morgan fingerprint density at radius 3 is 1.97 bits per heavy atom. The summed E-state index contributed by atoms with van der Waals surface area (Å²) in [6, 6.07) is -4.65. The van der Waals surface area contributed by atoms with Crippen molar-refractivity contribution in [3.05, 3.63) is 11.3 Å². The number of thiocarbonyl (C=S) groups is 1. The van der Waals surface area contributed by atoms with Crippen LogP contribution in [0, 0.1) is 11.3 Å². The summed E-state index contributed by atoms with van der Waals surface area (Å²) in [6.45, 7) is 9.44. The number of carboxylic acids is 3. The van der Waals surface area contributed by atoms with E-state index in [1.54, 1.807) is 13.8 Å². The first-order valence-corrected chi connectivity index (χ1v) is 24.8. The zero-order valence-corrected chi connectivity index (χ0v) is 43.5. The van der Waals surface area contributed by atoms with E-state index in [0.29, 0.717) is 11.8 Å². The van der Waals surface area contributed by atoms with E-state index in [0.717, 1.165) is 32.5 Å². The molecule has 0 bridgehead atoms. The number of methoxy groups -OCH3 is 1. The van der Waals surface area contributed by atoms with Crippen LogP contribution >= 0.6 is 35.7 Å². The average molecular weight is 1100 g/mol. The van der Waals surface area contributed by atoms with E-state index in [9.17, 15) is 78.9 Å². The van der Waals surface area contributed by atoms with Crippen molar-refractivity contribution in [2.75, 3.05) is 25.2 Å². The molecule has 30 heteroatoms. The molecule has 0 aromatic rings. The summed E-state index contributed by atoms with van der Waals surface area (Å²) in [6.07, 6.45) is -18.1. The number of rotatable bonds is 23. The number of amides is 2. The molecule has 0 unspecified atom stereocenters. The van der Waals surface area contributed by atoms with E-state index in [4.69, 9.17) is 50.8 Å². The van der Waals surface area contributed by atoms with Crippen molar-refractivity contribution in [1.29, 1.82) is 5.41 Å². The lowest BCUT2D eigenvalue weighted by Crippen LogP contribution is -2.70. The Morgan fingerprint density at radius 2 is 1.47 bits per heavy atom. The minimum atomic E-state index is -3.19. The van der Waals surface area contributed by atoms with Crippen LogP contribution in [0.15, 0.2) is 11.3 Å². The third-order valence-electron chi connectivity index (χ3n) is 11.8. The number of hydrogen-bond donors (Lipinski definition) is 11. The molecule has 2 saturated heterocycles. The van der Waals surface area contributed by atoms with Gasteiger partial charge in [-0.25, -0.2) is 19.2 Å². The maximum atomic E-state index is 14.7. The molecule has 2 heterocycles. The van der Waals surface area contributed by atoms with Crippen molar-refractivity contribution < 1.29 is 112 Å². The van der Waals surface area contributed by atoms with Gasteiger partial charge < -0.3 is 84.9 Å². The molecular formula is C43H62N4O23S3. The van der Waals surface area contributed by atoms with E-state index in [2.05, 4.69) is 16.0 Å². The summed E-state index contributed by atoms with van der Waals surface area (Å²) < 4.78 is 40.6. The number of aliphatic hydroxyl groups excluding tert-OH is 2. The number of ketones is 1. The highest BCUT2D eigenvalue weighted by Gasteiger charge is 2.62. The Hall–Kier alpha value is -5.05. The van der Waals surface area contributed by atoms with Gasteiger partial charge in [0.2, 0.25) is 11.8 Å². The third kappa shape index (κ3) is 15.5. The van der Waals surface area contributed by atoms with Crippen molar-refractivity contribution in [3.63, 3.8) is 0 Å². The van der Waals surface area contributed by atoms with Gasteiger partial charge in [0, 0.05) is 51.1 Å². The van der Waals surface area contributed by atoms with Crippen LogP contribution in [0.4, 0.5) is 0 Å². The summed E-state index contributed by atoms with van der Waals surface area (Å²) in [5.41, 5.74) is -7.85. The molecule has 15 atom stereocenters. The third-order valence-corrected chi connectivity index (χ3v) is 14.5. The fourth-order valence-corrected chi connectivity index (χ4v) is 10.1. The van der Waals surface area contributed by atoms with Crippen LogP contribution < -0.4 is 16.0 Å². The van der Waals surface area contributed by atoms with Crippen molar-refractivity contribution in [1.82, 2.24) is 16.0 Å². The molecule has 73 heavy (non-hydrogen) atoms. The van der Waals surface area contributed by atoms with Gasteiger partial charge in [0.25, 0.3) is 0 Å². The SMILES string of the molecule is CO[C@@H]1C[C@H](O[C@H]2[C@@H](O)[C@@H]([C@@]3(O)CC(=O)C(=N)C(C(=O)O)=C3O)O[C@@H](COC(C)=O)[C@@H]2OC(=O)[C@@H](NC(=S)SC[C@H](NC(C)=O)C(=O)O)[C@@H](C)SC[C@@H](NC(C)=O)C(=O)O)O[C@@H](C)[C@@]1(O)[C@H](C)OC(=O)C(C)C. The number of Topliss-reactive ketones (excluding diaryl/α,β-unsaturated/α-hetero) is 1. The number of aliphatic carboxylic acids is 3. The predicted molar refractivity (Wildman–Crippen MR) is 255 cm³/mol. The largest absolute Gasteiger partial charge is 0.508 e. The second-order valence-corrected chi connectivity index (χ2v) is 20.7. The van der Waals surface area contributed by atoms with E-state index in [1.807, 2.05) is 0 Å². The first-order chi connectivity index (χ1) is 33.8. The Balaban J connectivity index is 2.23. The fourth-order valence-electron chi connectivity index (χ4n) is 7.94. The molecule has 0 aromatic carbocycles. The number of carbonyl (C=O) groups is 9. The topological polar surface area (TPSA) is 420 Å². The molecule has 0 saturated carbocycles. The first-order valence-electron chi connectivity index (χ1n) is 22.3. The number of hydrogen-bond acceptors (Lipinski definition) is 24. The average Bonchev–Trinajstić information content (AvgIpc) is 3.28. The van der Waals surface area contributed by atoms with Crippen LogP contribution in [0.25, 0.3) is 0 Å². The number of aliphatic hydroxyl groups is 4. The maximum absolute atomic E-state index is 14.7. The van der Waals surface area contributed by atoms with Crippen LogP contribution in [0.3, 0.4) is 0 Å². The minimum Gasteiger partial charge on any atom is -0.508 e. The lowest BCUT2D eigenvalue weighted by molar-refractivity contribution is -0.345. The van der Waals surface area contributed by atoms with E-state index < -0.39 is 186 Å². The van der Waals surface area contributed by atoms with Crippen LogP contribution in [0.2, 0.25) is 0 Å². The molecule has 3 rings (SSSR count). The number of carboxylic acid groups (broad SMARTS) is 3. The van der Waals surface area contributed by atoms with Crippen LogP contribution in [0.5, 0.6) is 0 Å². The fraction of sp³-hybridized carbons (Fsp3) is 0.698. The standard InChI is InChI=1S/C43H62N4O23S3/c1-15(2)39(60)67-18(5)43(63)17(4)66-27(10-26(43)64-9)69-33-31(52)35(42(62)11-24(51)29(44)28(34(42)53)38(58)59)68-25(12-65-21(8)50)32(33)70-40(61)30(16(3)72-13-22(36(54)55)45-19(6)48)47-41(71)73-14-23(37(56)57)46-20(7)49/h15-18,22-23,25-27,30-33,35,44,52-53,62-63H,10-14H2,1-9H3,(H,45,48)(H,46,49)(H,47,71)(H,54,55)(H,56,57)(H,58,59)/t16-,17+,18+,22-,23+,25+,26-,27+,30+,31-,32+,33+,35+,42-,43-/m1/s1. The molecule has 11 N–H and O–H groups in total. The lowest BCUT2D eigenvalue weighted by Gasteiger charge is -2.52. The molecule has 3 aliphatic rings. The zero-order valence-electron chi connectivity index (χ0n) is 41.0. The van der Waals surface area contributed by atoms with Gasteiger partial charge in [-0.2, -0.15) is 11.8 Å². The van der Waals surface area contributed by atoms with Gasteiger partial charge in [-0.3, -0.25) is 29.4 Å². The Labute approximate surface area is 431 Å². The molecule has 27 nitrogen and oxygen atoms in total. The molecule has 0 aromatic heterocycles. The number of esters is 3. The summed E-state index contributed by atoms with van der Waals surface area (Å²) in [4.78, 5) is 112. The molecule has 2 aliphatic heterocycles. The molecule has 2 fully saturated rings. The quantitative estimate of drug-likeness (QED) is 0.0310. The summed E-state index contributed by atoms with van der Waals surface area (Å²) in [5, 5.41) is 91.2. The van der Waals surface area contributed by atoms with Crippen molar-refractivity contribution in [3.8, 4) is 0 Å². The van der Waals surface area contributed by atoms with Crippen LogP contribution in [-0.4, -0.2) is 214 Å². The molecule has 410 valence electrons. The first kappa shape index (κ1) is 62.2. The Morgan fingerprint density at radius 1 is 0.890 bits per heavy atom. The lowest BCUT2D eigenvalue weighted by atomic mass is 9.74. The smallest absolute Gasteiger partial charge is 0.341 e. The van der Waals surface area contributed by atoms with Crippen molar-refractivity contribution >= 4 is 99.2 Å². The van der Waals surface area contributed by atoms with E-state index in [1.165, 1.54) is 27.9 Å². The zero-order chi connectivity index (χ0) is 55.6. The van der Waals surface area contributed by atoms with Crippen molar-refractivity contribution in [2.45, 2.75) is 158 Å². The molecule has 0 radical (unpaired) electrons. The van der Waals surface area contributed by atoms with Gasteiger partial charge in [0.15, 0.2) is 29.4 Å². The summed E-state index contributed by atoms with van der Waals surface area (Å²) in [7, 11) is 1.20. The van der Waals surface area contributed by atoms with Gasteiger partial charge in [-0.1, -0.05) is 44.8 Å². The number of ether oxygens (including phenoxy) is 7. The van der Waals surface area contributed by atoms with Gasteiger partial charge in [0.1, 0.15) is 76.6 Å². The predicted octanol–water partition coefficient (Wildman–Crippen LogP) is -1.66. The van der Waals surface area contributed by atoms with Gasteiger partial charge in [-0.15, -0.1) is 0 Å². The number of thioether (sulfide) groups is 2. The van der Waals surface area contributed by atoms with E-state index >= 15 is 0 Å². The van der Waals surface area contributed by atoms with Crippen LogP contribution in [0.1, 0.15) is 68.2 Å². The van der Waals surface area contributed by atoms with E-state index in [-0.39, 0.29) is 15.8 Å². The molecular weight excluding hydrogens is 1040 g/mol. The Bertz CT molecular complexity index is 2180. The molecule has 2 amide bonds. The Kier molecular flexibility index (Phi) is 22.5.